The van der Waals surface area contributed by atoms with Crippen LogP contribution in [0.5, 0.6) is 0 Å². The third-order valence-electron chi connectivity index (χ3n) is 3.17. The second-order valence-corrected chi connectivity index (χ2v) is 5.56. The summed E-state index contributed by atoms with van der Waals surface area (Å²) in [5.41, 5.74) is 8.36. The first-order valence-electron chi connectivity index (χ1n) is 5.82. The molecule has 1 aromatic rings. The number of carbonyl (C=O) groups is 1. The molecule has 2 atom stereocenters. The van der Waals surface area contributed by atoms with Crippen molar-refractivity contribution in [3.63, 3.8) is 0 Å². The monoisotopic (exact) mass is 251 g/mol. The van der Waals surface area contributed by atoms with E-state index in [1.807, 2.05) is 0 Å². The smallest absolute Gasteiger partial charge is 0.320 e. The van der Waals surface area contributed by atoms with Gasteiger partial charge in [-0.2, -0.15) is 11.8 Å². The van der Waals surface area contributed by atoms with E-state index in [2.05, 4.69) is 24.3 Å². The Bertz CT molecular complexity index is 408. The van der Waals surface area contributed by atoms with Crippen LogP contribution in [-0.2, 0) is 11.2 Å². The van der Waals surface area contributed by atoms with Crippen molar-refractivity contribution >= 4 is 17.7 Å². The summed E-state index contributed by atoms with van der Waals surface area (Å²) in [6, 6.07) is 7.81. The second-order valence-electron chi connectivity index (χ2n) is 4.41. The van der Waals surface area contributed by atoms with Crippen molar-refractivity contribution in [2.45, 2.75) is 24.8 Å². The molecule has 1 aliphatic rings. The van der Waals surface area contributed by atoms with Gasteiger partial charge in [0.2, 0.25) is 0 Å². The van der Waals surface area contributed by atoms with Crippen molar-refractivity contribution in [1.82, 2.24) is 0 Å². The lowest BCUT2D eigenvalue weighted by Crippen LogP contribution is -2.30. The van der Waals surface area contributed by atoms with E-state index in [0.717, 1.165) is 17.9 Å². The number of hydrogen-bond acceptors (Lipinski definition) is 3. The highest BCUT2D eigenvalue weighted by Crippen LogP contribution is 2.36. The number of aliphatic carboxylic acids is 1. The molecule has 0 aromatic heterocycles. The van der Waals surface area contributed by atoms with E-state index in [-0.39, 0.29) is 0 Å². The SMILES string of the molecule is NC(CCSCC1Cc2ccccc21)C(=O)O. The van der Waals surface area contributed by atoms with Gasteiger partial charge in [-0.15, -0.1) is 0 Å². The Balaban J connectivity index is 1.67. The first-order chi connectivity index (χ1) is 8.18. The van der Waals surface area contributed by atoms with Gasteiger partial charge in [0, 0.05) is 5.75 Å². The van der Waals surface area contributed by atoms with Crippen LogP contribution in [-0.4, -0.2) is 28.6 Å². The summed E-state index contributed by atoms with van der Waals surface area (Å²) >= 11 is 1.80. The molecule has 0 amide bonds. The number of hydrogen-bond donors (Lipinski definition) is 2. The van der Waals surface area contributed by atoms with Gasteiger partial charge in [-0.3, -0.25) is 4.79 Å². The molecule has 0 aliphatic heterocycles. The first kappa shape index (κ1) is 12.5. The third-order valence-corrected chi connectivity index (χ3v) is 4.33. The van der Waals surface area contributed by atoms with E-state index in [1.54, 1.807) is 11.8 Å². The zero-order chi connectivity index (χ0) is 12.3. The molecule has 3 N–H and O–H groups in total. The minimum absolute atomic E-state index is 0.550. The molecule has 2 unspecified atom stereocenters. The van der Waals surface area contributed by atoms with E-state index in [4.69, 9.17) is 10.8 Å². The Morgan fingerprint density at radius 3 is 3.00 bits per heavy atom. The molecule has 0 saturated heterocycles. The zero-order valence-corrected chi connectivity index (χ0v) is 10.5. The molecule has 0 bridgehead atoms. The molecule has 1 aliphatic carbocycles. The summed E-state index contributed by atoms with van der Waals surface area (Å²) in [5.74, 6) is 1.65. The van der Waals surface area contributed by atoms with Gasteiger partial charge in [0.1, 0.15) is 6.04 Å². The van der Waals surface area contributed by atoms with E-state index >= 15 is 0 Å². The number of rotatable bonds is 6. The Hall–Kier alpha value is -1.00. The first-order valence-corrected chi connectivity index (χ1v) is 6.98. The largest absolute Gasteiger partial charge is 0.480 e. The molecule has 0 spiro atoms. The van der Waals surface area contributed by atoms with Crippen LogP contribution in [0.2, 0.25) is 0 Å². The van der Waals surface area contributed by atoms with Crippen LogP contribution in [0.25, 0.3) is 0 Å². The molecule has 4 heteroatoms. The number of carboxylic acids is 1. The average molecular weight is 251 g/mol. The lowest BCUT2D eigenvalue weighted by Gasteiger charge is -2.29. The number of thioether (sulfide) groups is 1. The summed E-state index contributed by atoms with van der Waals surface area (Å²) in [6.45, 7) is 0. The molecular formula is C13H17NO2S. The van der Waals surface area contributed by atoms with E-state index in [0.29, 0.717) is 12.3 Å². The van der Waals surface area contributed by atoms with Gasteiger partial charge in [-0.1, -0.05) is 24.3 Å². The lowest BCUT2D eigenvalue weighted by atomic mass is 9.79. The Morgan fingerprint density at radius 1 is 1.53 bits per heavy atom. The number of nitrogens with two attached hydrogens (primary N) is 1. The maximum atomic E-state index is 10.5. The van der Waals surface area contributed by atoms with Gasteiger partial charge >= 0.3 is 5.97 Å². The van der Waals surface area contributed by atoms with Crippen LogP contribution >= 0.6 is 11.8 Å². The van der Waals surface area contributed by atoms with Gasteiger partial charge < -0.3 is 10.8 Å². The molecule has 0 fully saturated rings. The van der Waals surface area contributed by atoms with Crippen molar-refractivity contribution in [3.05, 3.63) is 35.4 Å². The molecular weight excluding hydrogens is 234 g/mol. The van der Waals surface area contributed by atoms with Crippen LogP contribution in [0.1, 0.15) is 23.5 Å². The third kappa shape index (κ3) is 3.01. The highest BCUT2D eigenvalue weighted by Gasteiger charge is 2.24. The quantitative estimate of drug-likeness (QED) is 0.758. The summed E-state index contributed by atoms with van der Waals surface area (Å²) in [7, 11) is 0. The minimum atomic E-state index is -0.903. The van der Waals surface area contributed by atoms with Crippen LogP contribution < -0.4 is 5.73 Å². The predicted octanol–water partition coefficient (Wildman–Crippen LogP) is 1.86. The summed E-state index contributed by atoms with van der Waals surface area (Å²) in [4.78, 5) is 10.5. The maximum absolute atomic E-state index is 10.5. The molecule has 2 rings (SSSR count). The van der Waals surface area contributed by atoms with Crippen LogP contribution in [0.3, 0.4) is 0 Å². The Labute approximate surface area is 105 Å². The van der Waals surface area contributed by atoms with Crippen molar-refractivity contribution in [2.24, 2.45) is 5.73 Å². The molecule has 1 aromatic carbocycles. The van der Waals surface area contributed by atoms with Crippen molar-refractivity contribution < 1.29 is 9.90 Å². The topological polar surface area (TPSA) is 63.3 Å². The summed E-state index contributed by atoms with van der Waals surface area (Å²) < 4.78 is 0. The van der Waals surface area contributed by atoms with E-state index < -0.39 is 12.0 Å². The van der Waals surface area contributed by atoms with Gasteiger partial charge in [0.05, 0.1) is 0 Å². The van der Waals surface area contributed by atoms with Crippen molar-refractivity contribution in [2.75, 3.05) is 11.5 Å². The van der Waals surface area contributed by atoms with E-state index in [1.165, 1.54) is 11.1 Å². The van der Waals surface area contributed by atoms with Gasteiger partial charge in [-0.25, -0.2) is 0 Å². The highest BCUT2D eigenvalue weighted by atomic mass is 32.2. The predicted molar refractivity (Wildman–Crippen MR) is 70.4 cm³/mol. The molecule has 92 valence electrons. The van der Waals surface area contributed by atoms with Crippen LogP contribution in [0, 0.1) is 0 Å². The van der Waals surface area contributed by atoms with Crippen LogP contribution in [0.4, 0.5) is 0 Å². The number of carboxylic acid groups (broad SMARTS) is 1. The van der Waals surface area contributed by atoms with Gasteiger partial charge in [0.25, 0.3) is 0 Å². The minimum Gasteiger partial charge on any atom is -0.480 e. The van der Waals surface area contributed by atoms with Crippen LogP contribution in [0.15, 0.2) is 24.3 Å². The maximum Gasteiger partial charge on any atom is 0.320 e. The summed E-state index contributed by atoms with van der Waals surface area (Å²) in [5, 5.41) is 8.64. The van der Waals surface area contributed by atoms with Crippen molar-refractivity contribution in [1.29, 1.82) is 0 Å². The van der Waals surface area contributed by atoms with E-state index in [9.17, 15) is 4.79 Å². The molecule has 0 heterocycles. The fourth-order valence-corrected chi connectivity index (χ4v) is 3.24. The standard InChI is InChI=1S/C13H17NO2S/c14-12(13(15)16)5-6-17-8-10-7-9-3-1-2-4-11(9)10/h1-4,10,12H,5-8,14H2,(H,15,16). The second kappa shape index (κ2) is 5.56. The average Bonchev–Trinajstić information content (AvgIpc) is 2.29. The zero-order valence-electron chi connectivity index (χ0n) is 9.63. The number of benzene rings is 1. The Kier molecular flexibility index (Phi) is 4.07. The van der Waals surface area contributed by atoms with Crippen molar-refractivity contribution in [3.8, 4) is 0 Å². The number of fused-ring (bicyclic) bond motifs is 1. The lowest BCUT2D eigenvalue weighted by molar-refractivity contribution is -0.138. The fourth-order valence-electron chi connectivity index (χ4n) is 2.07. The van der Waals surface area contributed by atoms with Gasteiger partial charge in [-0.05, 0) is 35.6 Å². The molecule has 3 nitrogen and oxygen atoms in total. The molecule has 0 saturated carbocycles. The molecule has 0 radical (unpaired) electrons. The fraction of sp³-hybridized carbons (Fsp3) is 0.462. The summed E-state index contributed by atoms with van der Waals surface area (Å²) in [6.07, 6.45) is 1.71. The van der Waals surface area contributed by atoms with Gasteiger partial charge in [0.15, 0.2) is 0 Å². The normalized spacial score (nSPS) is 19.2. The molecule has 17 heavy (non-hydrogen) atoms. The highest BCUT2D eigenvalue weighted by molar-refractivity contribution is 7.99. The Morgan fingerprint density at radius 2 is 2.29 bits per heavy atom.